The van der Waals surface area contributed by atoms with Gasteiger partial charge in [0.05, 0.1) is 25.4 Å². The number of methoxy groups -OCH3 is 2. The van der Waals surface area contributed by atoms with Gasteiger partial charge in [-0.3, -0.25) is 9.59 Å². The Bertz CT molecular complexity index is 1210. The minimum atomic E-state index is -0.889. The number of ketones is 1. The van der Waals surface area contributed by atoms with E-state index in [2.05, 4.69) is 0 Å². The van der Waals surface area contributed by atoms with E-state index in [1.807, 2.05) is 12.1 Å². The molecule has 0 spiro atoms. The van der Waals surface area contributed by atoms with E-state index in [4.69, 9.17) is 13.9 Å². The SMILES string of the molecule is COc1cccc(CN2C(=O)C(=O)/C(=C(\O)c3ccccc3OC)C2c2ccc(C)o2)c1. The van der Waals surface area contributed by atoms with Gasteiger partial charge < -0.3 is 23.9 Å². The number of likely N-dealkylation sites (tertiary alicyclic amines) is 1. The third-order valence-corrected chi connectivity index (χ3v) is 5.42. The van der Waals surface area contributed by atoms with Crippen LogP contribution in [0.15, 0.2) is 70.7 Å². The van der Waals surface area contributed by atoms with Crippen LogP contribution in [0, 0.1) is 6.92 Å². The predicted molar refractivity (Wildman–Crippen MR) is 117 cm³/mol. The monoisotopic (exact) mass is 433 g/mol. The van der Waals surface area contributed by atoms with Crippen molar-refractivity contribution in [2.75, 3.05) is 14.2 Å². The molecule has 3 aromatic rings. The highest BCUT2D eigenvalue weighted by molar-refractivity contribution is 6.46. The second-order valence-electron chi connectivity index (χ2n) is 7.43. The average molecular weight is 433 g/mol. The first-order valence-corrected chi connectivity index (χ1v) is 10.1. The second-order valence-corrected chi connectivity index (χ2v) is 7.43. The molecule has 1 saturated heterocycles. The van der Waals surface area contributed by atoms with E-state index < -0.39 is 17.7 Å². The summed E-state index contributed by atoms with van der Waals surface area (Å²) in [4.78, 5) is 27.6. The number of aliphatic hydroxyl groups is 1. The fourth-order valence-corrected chi connectivity index (χ4v) is 3.89. The highest BCUT2D eigenvalue weighted by Gasteiger charge is 2.47. The summed E-state index contributed by atoms with van der Waals surface area (Å²) in [6.45, 7) is 1.91. The fourth-order valence-electron chi connectivity index (χ4n) is 3.89. The first-order chi connectivity index (χ1) is 15.4. The Hall–Kier alpha value is -4.00. The predicted octanol–water partition coefficient (Wildman–Crippen LogP) is 4.23. The maximum absolute atomic E-state index is 13.1. The van der Waals surface area contributed by atoms with Crippen molar-refractivity contribution in [1.82, 2.24) is 4.90 Å². The molecule has 2 aromatic carbocycles. The summed E-state index contributed by atoms with van der Waals surface area (Å²) >= 11 is 0. The van der Waals surface area contributed by atoms with Gasteiger partial charge in [-0.25, -0.2) is 0 Å². The Morgan fingerprint density at radius 3 is 2.50 bits per heavy atom. The number of furan rings is 1. The van der Waals surface area contributed by atoms with Crippen LogP contribution < -0.4 is 9.47 Å². The number of nitrogens with zero attached hydrogens (tertiary/aromatic N) is 1. The van der Waals surface area contributed by atoms with Gasteiger partial charge in [-0.1, -0.05) is 24.3 Å². The number of carbonyl (C=O) groups is 2. The number of benzene rings is 2. The highest BCUT2D eigenvalue weighted by atomic mass is 16.5. The molecule has 0 bridgehead atoms. The summed E-state index contributed by atoms with van der Waals surface area (Å²) in [6.07, 6.45) is 0. The van der Waals surface area contributed by atoms with E-state index in [0.29, 0.717) is 28.6 Å². The Balaban J connectivity index is 1.86. The topological polar surface area (TPSA) is 89.2 Å². The number of amides is 1. The molecule has 4 rings (SSSR count). The van der Waals surface area contributed by atoms with Crippen molar-refractivity contribution >= 4 is 17.4 Å². The molecule has 1 aromatic heterocycles. The lowest BCUT2D eigenvalue weighted by Crippen LogP contribution is -2.29. The van der Waals surface area contributed by atoms with Gasteiger partial charge in [-0.2, -0.15) is 0 Å². The van der Waals surface area contributed by atoms with E-state index in [9.17, 15) is 14.7 Å². The van der Waals surface area contributed by atoms with Gasteiger partial charge in [0.1, 0.15) is 34.8 Å². The Labute approximate surface area is 185 Å². The summed E-state index contributed by atoms with van der Waals surface area (Å²) in [7, 11) is 3.03. The lowest BCUT2D eigenvalue weighted by atomic mass is 9.98. The number of rotatable bonds is 6. The Kier molecular flexibility index (Phi) is 5.73. The van der Waals surface area contributed by atoms with Gasteiger partial charge in [0.2, 0.25) is 0 Å². The van der Waals surface area contributed by atoms with Crippen molar-refractivity contribution in [1.29, 1.82) is 0 Å². The van der Waals surface area contributed by atoms with E-state index in [1.54, 1.807) is 62.6 Å². The summed E-state index contributed by atoms with van der Waals surface area (Å²) < 4.78 is 16.4. The molecule has 0 radical (unpaired) electrons. The standard InChI is InChI=1S/C25H23NO6/c1-15-11-12-20(32-15)22-21(23(27)18-9-4-5-10-19(18)31-3)24(28)25(29)26(22)14-16-7-6-8-17(13-16)30-2/h4-13,22,27H,14H2,1-3H3/b23-21-. The molecule has 1 atom stereocenters. The van der Waals surface area contributed by atoms with Gasteiger partial charge in [0, 0.05) is 6.54 Å². The zero-order chi connectivity index (χ0) is 22.8. The number of para-hydroxylation sites is 1. The summed E-state index contributed by atoms with van der Waals surface area (Å²) in [5.41, 5.74) is 1.05. The van der Waals surface area contributed by atoms with Crippen molar-refractivity contribution in [3.63, 3.8) is 0 Å². The van der Waals surface area contributed by atoms with Gasteiger partial charge in [-0.05, 0) is 48.9 Å². The van der Waals surface area contributed by atoms with Crippen LogP contribution in [0.25, 0.3) is 5.76 Å². The van der Waals surface area contributed by atoms with Gasteiger partial charge >= 0.3 is 0 Å². The van der Waals surface area contributed by atoms with E-state index in [1.165, 1.54) is 12.0 Å². The van der Waals surface area contributed by atoms with Crippen molar-refractivity contribution in [2.45, 2.75) is 19.5 Å². The van der Waals surface area contributed by atoms with Crippen LogP contribution in [0.4, 0.5) is 0 Å². The second kappa shape index (κ2) is 8.63. The molecule has 1 aliphatic heterocycles. The first-order valence-electron chi connectivity index (χ1n) is 10.1. The van der Waals surface area contributed by atoms with E-state index in [0.717, 1.165) is 5.56 Å². The Morgan fingerprint density at radius 2 is 1.81 bits per heavy atom. The molecule has 164 valence electrons. The maximum atomic E-state index is 13.1. The van der Waals surface area contributed by atoms with Crippen molar-refractivity contribution in [3.8, 4) is 11.5 Å². The largest absolute Gasteiger partial charge is 0.507 e. The molecule has 1 fully saturated rings. The normalized spacial score (nSPS) is 17.6. The molecule has 7 heteroatoms. The van der Waals surface area contributed by atoms with Crippen LogP contribution in [0.1, 0.15) is 28.7 Å². The first kappa shape index (κ1) is 21.2. The summed E-state index contributed by atoms with van der Waals surface area (Å²) in [5.74, 6) is 0.230. The molecule has 1 N–H and O–H groups in total. The van der Waals surface area contributed by atoms with Crippen molar-refractivity contribution in [3.05, 3.63) is 88.9 Å². The quantitative estimate of drug-likeness (QED) is 0.356. The average Bonchev–Trinajstić information content (AvgIpc) is 3.35. The van der Waals surface area contributed by atoms with Gasteiger partial charge in [0.15, 0.2) is 0 Å². The molecule has 0 aliphatic carbocycles. The molecule has 32 heavy (non-hydrogen) atoms. The highest BCUT2D eigenvalue weighted by Crippen LogP contribution is 2.42. The number of hydrogen-bond acceptors (Lipinski definition) is 6. The van der Waals surface area contributed by atoms with Crippen LogP contribution in [-0.4, -0.2) is 35.9 Å². The minimum absolute atomic E-state index is 0.0447. The van der Waals surface area contributed by atoms with Gasteiger partial charge in [0.25, 0.3) is 11.7 Å². The zero-order valence-corrected chi connectivity index (χ0v) is 18.0. The third kappa shape index (κ3) is 3.73. The number of ether oxygens (including phenoxy) is 2. The number of hydrogen-bond donors (Lipinski definition) is 1. The minimum Gasteiger partial charge on any atom is -0.507 e. The molecular formula is C25H23NO6. The van der Waals surface area contributed by atoms with Crippen LogP contribution in [0.3, 0.4) is 0 Å². The Morgan fingerprint density at radius 1 is 1.03 bits per heavy atom. The van der Waals surface area contributed by atoms with E-state index >= 15 is 0 Å². The smallest absolute Gasteiger partial charge is 0.296 e. The number of carbonyl (C=O) groups excluding carboxylic acids is 2. The summed E-state index contributed by atoms with van der Waals surface area (Å²) in [6, 6.07) is 16.6. The van der Waals surface area contributed by atoms with Crippen LogP contribution in [0.2, 0.25) is 0 Å². The van der Waals surface area contributed by atoms with Crippen molar-refractivity contribution < 1.29 is 28.6 Å². The van der Waals surface area contributed by atoms with Crippen LogP contribution in [0.5, 0.6) is 11.5 Å². The molecule has 7 nitrogen and oxygen atoms in total. The fraction of sp³-hybridized carbons (Fsp3) is 0.200. The van der Waals surface area contributed by atoms with Gasteiger partial charge in [-0.15, -0.1) is 0 Å². The maximum Gasteiger partial charge on any atom is 0.296 e. The number of aryl methyl sites for hydroxylation is 1. The van der Waals surface area contributed by atoms with E-state index in [-0.39, 0.29) is 17.9 Å². The molecular weight excluding hydrogens is 410 g/mol. The zero-order valence-electron chi connectivity index (χ0n) is 18.0. The van der Waals surface area contributed by atoms with Crippen LogP contribution >= 0.6 is 0 Å². The lowest BCUT2D eigenvalue weighted by molar-refractivity contribution is -0.140. The lowest BCUT2D eigenvalue weighted by Gasteiger charge is -2.23. The van der Waals surface area contributed by atoms with Crippen LogP contribution in [-0.2, 0) is 16.1 Å². The summed E-state index contributed by atoms with van der Waals surface area (Å²) in [5, 5.41) is 11.2. The molecule has 0 saturated carbocycles. The third-order valence-electron chi connectivity index (χ3n) is 5.42. The number of Topliss-reactive ketones (excluding diaryl/α,β-unsaturated/α-hetero) is 1. The van der Waals surface area contributed by atoms with Crippen molar-refractivity contribution in [2.24, 2.45) is 0 Å². The number of aliphatic hydroxyl groups excluding tert-OH is 1. The molecule has 1 amide bonds. The molecule has 1 aliphatic rings. The molecule has 1 unspecified atom stereocenters. The molecule has 2 heterocycles.